The molecule has 0 aliphatic carbocycles. The molecule has 0 unspecified atom stereocenters. The van der Waals surface area contributed by atoms with Gasteiger partial charge >= 0.3 is 0 Å². The van der Waals surface area contributed by atoms with Crippen LogP contribution in [-0.2, 0) is 4.79 Å². The van der Waals surface area contributed by atoms with Gasteiger partial charge in [0, 0.05) is 42.1 Å². The zero-order valence-electron chi connectivity index (χ0n) is 17.9. The molecule has 0 atom stereocenters. The smallest absolute Gasteiger partial charge is 0.253 e. The van der Waals surface area contributed by atoms with Gasteiger partial charge in [0.2, 0.25) is 5.91 Å². The quantitative estimate of drug-likeness (QED) is 0.540. The molecule has 0 bridgehead atoms. The van der Waals surface area contributed by atoms with Crippen molar-refractivity contribution in [2.75, 3.05) is 36.8 Å². The third-order valence-electron chi connectivity index (χ3n) is 5.18. The molecule has 31 heavy (non-hydrogen) atoms. The maximum Gasteiger partial charge on any atom is 0.253 e. The van der Waals surface area contributed by atoms with Gasteiger partial charge in [0.1, 0.15) is 0 Å². The molecule has 2 aromatic rings. The number of likely N-dealkylation sites (tertiary alicyclic amines) is 1. The van der Waals surface area contributed by atoms with E-state index >= 15 is 0 Å². The molecule has 3 rings (SSSR count). The lowest BCUT2D eigenvalue weighted by Crippen LogP contribution is -2.27. The Kier molecular flexibility index (Phi) is 8.04. The molecule has 0 radical (unpaired) electrons. The van der Waals surface area contributed by atoms with Crippen molar-refractivity contribution in [3.8, 4) is 0 Å². The van der Waals surface area contributed by atoms with E-state index in [2.05, 4.69) is 22.9 Å². The molecule has 0 spiro atoms. The summed E-state index contributed by atoms with van der Waals surface area (Å²) < 4.78 is 0. The number of nitrogens with one attached hydrogen (secondary N) is 3. The van der Waals surface area contributed by atoms with Crippen molar-refractivity contribution in [2.45, 2.75) is 32.6 Å². The van der Waals surface area contributed by atoms with Crippen LogP contribution in [0.15, 0.2) is 48.5 Å². The fourth-order valence-electron chi connectivity index (χ4n) is 3.47. The van der Waals surface area contributed by atoms with E-state index in [1.54, 1.807) is 42.5 Å². The van der Waals surface area contributed by atoms with Crippen molar-refractivity contribution in [2.24, 2.45) is 0 Å². The lowest BCUT2D eigenvalue weighted by molar-refractivity contribution is -0.114. The van der Waals surface area contributed by atoms with Crippen molar-refractivity contribution < 1.29 is 14.4 Å². The molecule has 0 aromatic heterocycles. The van der Waals surface area contributed by atoms with Gasteiger partial charge < -0.3 is 20.9 Å². The van der Waals surface area contributed by atoms with Crippen LogP contribution in [0.4, 0.5) is 11.4 Å². The first-order valence-electron chi connectivity index (χ1n) is 10.9. The van der Waals surface area contributed by atoms with Crippen LogP contribution in [0.25, 0.3) is 0 Å². The summed E-state index contributed by atoms with van der Waals surface area (Å²) in [4.78, 5) is 38.9. The number of hydrogen-bond acceptors (Lipinski definition) is 4. The first kappa shape index (κ1) is 22.3. The summed E-state index contributed by atoms with van der Waals surface area (Å²) in [5, 5.41) is 8.74. The van der Waals surface area contributed by atoms with Gasteiger partial charge in [-0.1, -0.05) is 25.5 Å². The minimum absolute atomic E-state index is 0.000697. The molecule has 164 valence electrons. The number of benzene rings is 2. The summed E-state index contributed by atoms with van der Waals surface area (Å²) in [5.74, 6) is -0.356. The van der Waals surface area contributed by atoms with Crippen LogP contribution in [-0.4, -0.2) is 48.8 Å². The molecule has 1 aliphatic rings. The Balaban J connectivity index is 1.52. The molecule has 2 aromatic carbocycles. The maximum atomic E-state index is 12.5. The van der Waals surface area contributed by atoms with Gasteiger partial charge in [-0.15, -0.1) is 0 Å². The number of nitrogens with zero attached hydrogens (tertiary/aromatic N) is 1. The van der Waals surface area contributed by atoms with Gasteiger partial charge in [-0.3, -0.25) is 14.4 Å². The Morgan fingerprint density at radius 1 is 0.935 bits per heavy atom. The van der Waals surface area contributed by atoms with Crippen LogP contribution in [0.1, 0.15) is 53.3 Å². The van der Waals surface area contributed by atoms with Crippen LogP contribution in [0.2, 0.25) is 0 Å². The molecule has 1 saturated heterocycles. The van der Waals surface area contributed by atoms with Crippen LogP contribution >= 0.6 is 0 Å². The number of unbranched alkanes of at least 4 members (excludes halogenated alkanes) is 1. The van der Waals surface area contributed by atoms with E-state index in [0.717, 1.165) is 38.8 Å². The zero-order valence-corrected chi connectivity index (χ0v) is 17.9. The summed E-state index contributed by atoms with van der Waals surface area (Å²) in [6.45, 7) is 4.34. The second kappa shape index (κ2) is 11.2. The number of rotatable bonds is 9. The number of amides is 3. The minimum atomic E-state index is -0.233. The summed E-state index contributed by atoms with van der Waals surface area (Å²) in [7, 11) is 0. The van der Waals surface area contributed by atoms with Crippen LogP contribution < -0.4 is 16.0 Å². The third kappa shape index (κ3) is 6.57. The van der Waals surface area contributed by atoms with Crippen LogP contribution in [0.5, 0.6) is 0 Å². The van der Waals surface area contributed by atoms with Crippen molar-refractivity contribution in [3.63, 3.8) is 0 Å². The van der Waals surface area contributed by atoms with Crippen molar-refractivity contribution >= 4 is 29.1 Å². The van der Waals surface area contributed by atoms with Gasteiger partial charge in [0.15, 0.2) is 0 Å². The SMILES string of the molecule is CCCCNC(=O)c1cccc(NCC(=O)Nc2cccc(C(=O)N3CCCC3)c2)c1. The fraction of sp³-hybridized carbons (Fsp3) is 0.375. The topological polar surface area (TPSA) is 90.5 Å². The Morgan fingerprint density at radius 3 is 2.35 bits per heavy atom. The Hall–Kier alpha value is -3.35. The summed E-state index contributed by atoms with van der Waals surface area (Å²) in [6.07, 6.45) is 4.03. The molecule has 1 aliphatic heterocycles. The summed E-state index contributed by atoms with van der Waals surface area (Å²) in [5.41, 5.74) is 2.40. The normalized spacial score (nSPS) is 13.0. The molecule has 0 saturated carbocycles. The Bertz CT molecular complexity index is 923. The van der Waals surface area contributed by atoms with E-state index in [0.29, 0.717) is 29.0 Å². The van der Waals surface area contributed by atoms with Gasteiger partial charge in [-0.2, -0.15) is 0 Å². The standard InChI is InChI=1S/C24H30N4O3/c1-2-3-12-25-23(30)18-8-6-10-20(15-18)26-17-22(29)27-21-11-7-9-19(16-21)24(31)28-13-4-5-14-28/h6-11,15-16,26H,2-5,12-14,17H2,1H3,(H,25,30)(H,27,29). The van der Waals surface area contributed by atoms with E-state index < -0.39 is 0 Å². The Morgan fingerprint density at radius 2 is 1.61 bits per heavy atom. The van der Waals surface area contributed by atoms with E-state index in [1.165, 1.54) is 0 Å². The lowest BCUT2D eigenvalue weighted by Gasteiger charge is -2.16. The molecule has 3 N–H and O–H groups in total. The molecule has 3 amide bonds. The van der Waals surface area contributed by atoms with Gasteiger partial charge in [-0.25, -0.2) is 0 Å². The number of hydrogen-bond donors (Lipinski definition) is 3. The Labute approximate surface area is 183 Å². The summed E-state index contributed by atoms with van der Waals surface area (Å²) in [6, 6.07) is 14.1. The van der Waals surface area contributed by atoms with Crippen molar-refractivity contribution in [3.05, 3.63) is 59.7 Å². The zero-order chi connectivity index (χ0) is 22.1. The highest BCUT2D eigenvalue weighted by molar-refractivity contribution is 5.98. The second-order valence-corrected chi connectivity index (χ2v) is 7.67. The first-order chi connectivity index (χ1) is 15.1. The van der Waals surface area contributed by atoms with Gasteiger partial charge in [0.05, 0.1) is 6.54 Å². The van der Waals surface area contributed by atoms with E-state index in [4.69, 9.17) is 0 Å². The monoisotopic (exact) mass is 422 g/mol. The number of carbonyl (C=O) groups is 3. The average molecular weight is 423 g/mol. The number of anilines is 2. The number of carbonyl (C=O) groups excluding carboxylic acids is 3. The van der Waals surface area contributed by atoms with Crippen molar-refractivity contribution in [1.29, 1.82) is 0 Å². The molecular formula is C24H30N4O3. The van der Waals surface area contributed by atoms with E-state index in [9.17, 15) is 14.4 Å². The largest absolute Gasteiger partial charge is 0.376 e. The lowest BCUT2D eigenvalue weighted by atomic mass is 10.1. The molecule has 1 heterocycles. The highest BCUT2D eigenvalue weighted by Crippen LogP contribution is 2.16. The van der Waals surface area contributed by atoms with Gasteiger partial charge in [0.25, 0.3) is 11.8 Å². The molecule has 1 fully saturated rings. The third-order valence-corrected chi connectivity index (χ3v) is 5.18. The van der Waals surface area contributed by atoms with E-state index in [1.807, 2.05) is 11.0 Å². The van der Waals surface area contributed by atoms with E-state index in [-0.39, 0.29) is 24.3 Å². The highest BCUT2D eigenvalue weighted by Gasteiger charge is 2.19. The van der Waals surface area contributed by atoms with Crippen LogP contribution in [0.3, 0.4) is 0 Å². The molecule has 7 heteroatoms. The summed E-state index contributed by atoms with van der Waals surface area (Å²) >= 11 is 0. The predicted molar refractivity (Wildman–Crippen MR) is 122 cm³/mol. The van der Waals surface area contributed by atoms with Crippen molar-refractivity contribution in [1.82, 2.24) is 10.2 Å². The second-order valence-electron chi connectivity index (χ2n) is 7.67. The average Bonchev–Trinajstić information content (AvgIpc) is 3.33. The van der Waals surface area contributed by atoms with Crippen LogP contribution in [0, 0.1) is 0 Å². The van der Waals surface area contributed by atoms with Gasteiger partial charge in [-0.05, 0) is 55.7 Å². The first-order valence-corrected chi connectivity index (χ1v) is 10.9. The molecule has 7 nitrogen and oxygen atoms in total. The maximum absolute atomic E-state index is 12.5. The fourth-order valence-corrected chi connectivity index (χ4v) is 3.47. The predicted octanol–water partition coefficient (Wildman–Crippen LogP) is 3.50. The highest BCUT2D eigenvalue weighted by atomic mass is 16.2. The minimum Gasteiger partial charge on any atom is -0.376 e. The molecular weight excluding hydrogens is 392 g/mol.